The Balaban J connectivity index is 0.000000440. The van der Waals surface area contributed by atoms with Gasteiger partial charge in [0.25, 0.3) is 0 Å². The van der Waals surface area contributed by atoms with E-state index in [1.807, 2.05) is 24.3 Å². The average molecular weight is 1060 g/mol. The molecule has 0 unspecified atom stereocenters. The molecule has 0 aliphatic heterocycles. The van der Waals surface area contributed by atoms with Crippen molar-refractivity contribution in [3.8, 4) is 0 Å². The summed E-state index contributed by atoms with van der Waals surface area (Å²) in [5, 5.41) is 4.13. The molecular formula is C56H86BaO6S2. The fourth-order valence-corrected chi connectivity index (χ4v) is 11.0. The van der Waals surface area contributed by atoms with Gasteiger partial charge in [-0.1, -0.05) is 230 Å². The fourth-order valence-electron chi connectivity index (χ4n) is 9.48. The number of fused-ring (bicyclic) bond motifs is 2. The van der Waals surface area contributed by atoms with Gasteiger partial charge in [0.1, 0.15) is 20.2 Å². The quantitative estimate of drug-likeness (QED) is 0.0261. The van der Waals surface area contributed by atoms with E-state index < -0.39 is 20.2 Å². The van der Waals surface area contributed by atoms with E-state index in [2.05, 4.69) is 52.0 Å². The molecular weight excluding hydrogens is 970 g/mol. The SMILES string of the molecule is CCCCCCCCCc1cccc2ccc(S(=O)(=O)[O-])c(CCCCCCCCC)c12.CCCCCCCCCc1cccc2ccc(S(=O)(=O)[O-])c(CCCCCCCCC)c12.[Ba+2]. The molecule has 0 heterocycles. The Bertz CT molecular complexity index is 1960. The van der Waals surface area contributed by atoms with E-state index in [-0.39, 0.29) is 58.7 Å². The number of benzene rings is 4. The molecule has 0 aliphatic carbocycles. The first-order valence-corrected chi connectivity index (χ1v) is 28.8. The molecule has 0 radical (unpaired) electrons. The average Bonchev–Trinajstić information content (AvgIpc) is 3.27. The molecule has 9 heteroatoms. The van der Waals surface area contributed by atoms with Crippen molar-refractivity contribution in [2.45, 2.75) is 243 Å². The van der Waals surface area contributed by atoms with E-state index in [9.17, 15) is 25.9 Å². The molecule has 0 saturated carbocycles. The van der Waals surface area contributed by atoms with Gasteiger partial charge in [-0.15, -0.1) is 0 Å². The van der Waals surface area contributed by atoms with Crippen molar-refractivity contribution in [1.82, 2.24) is 0 Å². The van der Waals surface area contributed by atoms with Crippen molar-refractivity contribution < 1.29 is 25.9 Å². The van der Waals surface area contributed by atoms with E-state index in [0.717, 1.165) is 84.0 Å². The van der Waals surface area contributed by atoms with Crippen LogP contribution in [0.3, 0.4) is 0 Å². The molecule has 6 nitrogen and oxygen atoms in total. The number of hydrogen-bond donors (Lipinski definition) is 0. The first-order valence-electron chi connectivity index (χ1n) is 26.0. The van der Waals surface area contributed by atoms with E-state index in [4.69, 9.17) is 0 Å². The molecule has 4 rings (SSSR count). The molecule has 360 valence electrons. The zero-order valence-electron chi connectivity index (χ0n) is 41.4. The van der Waals surface area contributed by atoms with Crippen LogP contribution < -0.4 is 0 Å². The second-order valence-electron chi connectivity index (χ2n) is 18.5. The van der Waals surface area contributed by atoms with Gasteiger partial charge in [-0.25, -0.2) is 16.8 Å². The van der Waals surface area contributed by atoms with Crippen LogP contribution in [0.4, 0.5) is 0 Å². The van der Waals surface area contributed by atoms with Crippen LogP contribution in [0.2, 0.25) is 0 Å². The van der Waals surface area contributed by atoms with Gasteiger partial charge < -0.3 is 9.11 Å². The summed E-state index contributed by atoms with van der Waals surface area (Å²) in [6.45, 7) is 8.91. The van der Waals surface area contributed by atoms with Crippen LogP contribution in [-0.2, 0) is 45.9 Å². The number of unbranched alkanes of at least 4 members (excludes halogenated alkanes) is 24. The molecule has 0 amide bonds. The first-order chi connectivity index (χ1) is 31.0. The maximum atomic E-state index is 12.0. The van der Waals surface area contributed by atoms with Gasteiger partial charge in [0, 0.05) is 0 Å². The Hall–Kier alpha value is -1.21. The maximum absolute atomic E-state index is 12.0. The third-order valence-corrected chi connectivity index (χ3v) is 14.9. The summed E-state index contributed by atoms with van der Waals surface area (Å²) in [6.07, 6.45) is 37.2. The van der Waals surface area contributed by atoms with Gasteiger partial charge >= 0.3 is 48.9 Å². The summed E-state index contributed by atoms with van der Waals surface area (Å²) in [7, 11) is -8.97. The standard InChI is InChI=1S/2C28H44O3S.Ba/c2*1-3-5-7-9-11-13-15-18-24-19-17-20-25-22-23-27(32(29,30)31)26(28(24)25)21-16-14-12-10-8-6-4-2;/h2*17,19-20,22-23H,3-16,18,21H2,1-2H3,(H,29,30,31);/q;;+2/p-2. The second-order valence-corrected chi connectivity index (χ2v) is 21.2. The Morgan fingerprint density at radius 1 is 0.338 bits per heavy atom. The van der Waals surface area contributed by atoms with Crippen LogP contribution in [0.1, 0.15) is 230 Å². The Kier molecular flexibility index (Phi) is 32.2. The predicted molar refractivity (Wildman–Crippen MR) is 276 cm³/mol. The zero-order chi connectivity index (χ0) is 46.5. The molecule has 4 aromatic rings. The van der Waals surface area contributed by atoms with Crippen molar-refractivity contribution >= 4 is 90.7 Å². The Labute approximate surface area is 438 Å². The smallest absolute Gasteiger partial charge is 0.744 e. The fraction of sp³-hybridized carbons (Fsp3) is 0.643. The molecule has 0 fully saturated rings. The van der Waals surface area contributed by atoms with Gasteiger partial charge in [-0.05, 0) is 107 Å². The molecule has 65 heavy (non-hydrogen) atoms. The summed E-state index contributed by atoms with van der Waals surface area (Å²) in [4.78, 5) is -0.0222. The van der Waals surface area contributed by atoms with E-state index in [1.54, 1.807) is 0 Å². The number of hydrogen-bond acceptors (Lipinski definition) is 6. The van der Waals surface area contributed by atoms with Gasteiger partial charge in [0.05, 0.1) is 9.79 Å². The van der Waals surface area contributed by atoms with E-state index >= 15 is 0 Å². The van der Waals surface area contributed by atoms with Crippen LogP contribution in [0, 0.1) is 0 Å². The summed E-state index contributed by atoms with van der Waals surface area (Å²) < 4.78 is 72.3. The maximum Gasteiger partial charge on any atom is 2.00 e. The zero-order valence-corrected chi connectivity index (χ0v) is 47.4. The molecule has 0 spiro atoms. The monoisotopic (exact) mass is 1060 g/mol. The van der Waals surface area contributed by atoms with Crippen LogP contribution in [0.15, 0.2) is 70.5 Å². The largest absolute Gasteiger partial charge is 2.00 e. The van der Waals surface area contributed by atoms with Gasteiger partial charge in [-0.2, -0.15) is 0 Å². The van der Waals surface area contributed by atoms with Gasteiger partial charge in [-0.3, -0.25) is 0 Å². The van der Waals surface area contributed by atoms with Crippen molar-refractivity contribution in [2.75, 3.05) is 0 Å². The van der Waals surface area contributed by atoms with Crippen LogP contribution >= 0.6 is 0 Å². The molecule has 0 bridgehead atoms. The first kappa shape index (κ1) is 59.9. The summed E-state index contributed by atoms with van der Waals surface area (Å²) in [6, 6.07) is 19.1. The molecule has 0 N–H and O–H groups in total. The summed E-state index contributed by atoms with van der Waals surface area (Å²) >= 11 is 0. The second kappa shape index (κ2) is 35.0. The molecule has 0 aromatic heterocycles. The van der Waals surface area contributed by atoms with Crippen LogP contribution in [0.25, 0.3) is 21.5 Å². The number of rotatable bonds is 34. The summed E-state index contributed by atoms with van der Waals surface area (Å²) in [5.74, 6) is 0. The minimum atomic E-state index is -4.48. The van der Waals surface area contributed by atoms with Gasteiger partial charge in [0.2, 0.25) is 0 Å². The minimum absolute atomic E-state index is 0. The Morgan fingerprint density at radius 3 is 0.877 bits per heavy atom. The molecule has 0 aliphatic rings. The molecule has 0 atom stereocenters. The number of aryl methyl sites for hydroxylation is 4. The third-order valence-electron chi connectivity index (χ3n) is 13.1. The third kappa shape index (κ3) is 22.8. The van der Waals surface area contributed by atoms with Crippen molar-refractivity contribution in [3.63, 3.8) is 0 Å². The minimum Gasteiger partial charge on any atom is -0.744 e. The summed E-state index contributed by atoms with van der Waals surface area (Å²) in [5.41, 5.74) is 3.90. The molecule has 0 saturated heterocycles. The predicted octanol–water partition coefficient (Wildman–Crippen LogP) is 16.3. The Morgan fingerprint density at radius 2 is 0.600 bits per heavy atom. The van der Waals surface area contributed by atoms with Crippen LogP contribution in [-0.4, -0.2) is 74.8 Å². The van der Waals surface area contributed by atoms with Crippen molar-refractivity contribution in [2.24, 2.45) is 0 Å². The normalized spacial score (nSPS) is 11.8. The topological polar surface area (TPSA) is 114 Å². The van der Waals surface area contributed by atoms with Crippen molar-refractivity contribution in [1.29, 1.82) is 0 Å². The van der Waals surface area contributed by atoms with Crippen LogP contribution in [0.5, 0.6) is 0 Å². The molecule has 4 aromatic carbocycles. The van der Waals surface area contributed by atoms with Gasteiger partial charge in [0.15, 0.2) is 0 Å². The van der Waals surface area contributed by atoms with E-state index in [0.29, 0.717) is 12.8 Å². The van der Waals surface area contributed by atoms with E-state index in [1.165, 1.54) is 165 Å². The van der Waals surface area contributed by atoms with Crippen molar-refractivity contribution in [3.05, 3.63) is 82.9 Å².